The van der Waals surface area contributed by atoms with Gasteiger partial charge in [0, 0.05) is 21.7 Å². The van der Waals surface area contributed by atoms with Crippen molar-refractivity contribution in [2.75, 3.05) is 30.6 Å². The van der Waals surface area contributed by atoms with Crippen LogP contribution in [0.15, 0.2) is 59.5 Å². The van der Waals surface area contributed by atoms with Crippen molar-refractivity contribution in [3.63, 3.8) is 0 Å². The fourth-order valence-corrected chi connectivity index (χ4v) is 4.32. The van der Waals surface area contributed by atoms with Crippen molar-refractivity contribution in [1.82, 2.24) is 0 Å². The van der Waals surface area contributed by atoms with Crippen molar-refractivity contribution < 1.29 is 19.1 Å². The first-order valence-electron chi connectivity index (χ1n) is 9.51. The number of halogens is 3. The predicted octanol–water partition coefficient (Wildman–Crippen LogP) is 6.65. The van der Waals surface area contributed by atoms with Crippen molar-refractivity contribution in [3.05, 3.63) is 75.2 Å². The van der Waals surface area contributed by atoms with Crippen molar-refractivity contribution >= 4 is 69.8 Å². The van der Waals surface area contributed by atoms with Gasteiger partial charge in [-0.05, 0) is 42.5 Å². The molecule has 172 valence electrons. The van der Waals surface area contributed by atoms with E-state index in [1.165, 1.54) is 32.0 Å². The zero-order valence-corrected chi connectivity index (χ0v) is 20.7. The summed E-state index contributed by atoms with van der Waals surface area (Å²) in [6, 6.07) is 15.0. The number of amides is 2. The van der Waals surface area contributed by atoms with Gasteiger partial charge in [0.05, 0.1) is 41.3 Å². The van der Waals surface area contributed by atoms with Gasteiger partial charge in [0.1, 0.15) is 11.5 Å². The number of anilines is 2. The summed E-state index contributed by atoms with van der Waals surface area (Å²) < 4.78 is 10.5. The molecular formula is C23H19Cl3N2O4S. The largest absolute Gasteiger partial charge is 0.495 e. The van der Waals surface area contributed by atoms with Crippen LogP contribution >= 0.6 is 46.6 Å². The van der Waals surface area contributed by atoms with Crippen LogP contribution in [0, 0.1) is 0 Å². The molecule has 0 aliphatic heterocycles. The van der Waals surface area contributed by atoms with Gasteiger partial charge >= 0.3 is 0 Å². The van der Waals surface area contributed by atoms with Crippen molar-refractivity contribution in [1.29, 1.82) is 0 Å². The third-order valence-corrected chi connectivity index (χ3v) is 6.22. The summed E-state index contributed by atoms with van der Waals surface area (Å²) in [5.74, 6) is 0.398. The molecule has 3 aromatic rings. The van der Waals surface area contributed by atoms with Gasteiger partial charge in [-0.1, -0.05) is 40.9 Å². The number of carbonyl (C=O) groups excluding carboxylic acids is 2. The fourth-order valence-electron chi connectivity index (χ4n) is 2.83. The molecule has 0 aliphatic carbocycles. The molecule has 2 N–H and O–H groups in total. The van der Waals surface area contributed by atoms with Gasteiger partial charge in [0.25, 0.3) is 5.91 Å². The molecule has 0 heterocycles. The van der Waals surface area contributed by atoms with Crippen LogP contribution in [0.2, 0.25) is 15.1 Å². The van der Waals surface area contributed by atoms with E-state index in [9.17, 15) is 9.59 Å². The highest BCUT2D eigenvalue weighted by atomic mass is 35.5. The molecule has 33 heavy (non-hydrogen) atoms. The summed E-state index contributed by atoms with van der Waals surface area (Å²) in [5, 5.41) is 6.64. The van der Waals surface area contributed by atoms with E-state index in [1.54, 1.807) is 42.5 Å². The molecule has 0 bridgehead atoms. The Morgan fingerprint density at radius 1 is 0.879 bits per heavy atom. The first kappa shape index (κ1) is 25.1. The Labute approximate surface area is 210 Å². The molecule has 0 saturated heterocycles. The number of carbonyl (C=O) groups is 2. The monoisotopic (exact) mass is 524 g/mol. The van der Waals surface area contributed by atoms with Crippen LogP contribution in [-0.2, 0) is 4.79 Å². The van der Waals surface area contributed by atoms with E-state index in [4.69, 9.17) is 44.3 Å². The van der Waals surface area contributed by atoms with Gasteiger partial charge in [-0.25, -0.2) is 0 Å². The normalized spacial score (nSPS) is 10.5. The number of methoxy groups -OCH3 is 2. The van der Waals surface area contributed by atoms with Crippen LogP contribution in [0.4, 0.5) is 11.4 Å². The molecule has 0 saturated carbocycles. The number of benzene rings is 3. The molecule has 0 radical (unpaired) electrons. The fraction of sp³-hybridized carbons (Fsp3) is 0.130. The molecule has 0 aliphatic rings. The summed E-state index contributed by atoms with van der Waals surface area (Å²) in [4.78, 5) is 25.8. The molecule has 0 fully saturated rings. The van der Waals surface area contributed by atoms with E-state index in [0.717, 1.165) is 4.90 Å². The second-order valence-electron chi connectivity index (χ2n) is 6.63. The minimum absolute atomic E-state index is 0.132. The highest BCUT2D eigenvalue weighted by Gasteiger charge is 2.14. The number of hydrogen-bond acceptors (Lipinski definition) is 5. The van der Waals surface area contributed by atoms with E-state index in [0.29, 0.717) is 38.5 Å². The number of hydrogen-bond donors (Lipinski definition) is 2. The molecule has 3 aromatic carbocycles. The van der Waals surface area contributed by atoms with Crippen molar-refractivity contribution in [3.8, 4) is 11.5 Å². The zero-order valence-electron chi connectivity index (χ0n) is 17.6. The first-order valence-corrected chi connectivity index (χ1v) is 11.6. The van der Waals surface area contributed by atoms with Gasteiger partial charge in [-0.3, -0.25) is 9.59 Å². The smallest absolute Gasteiger partial charge is 0.257 e. The van der Waals surface area contributed by atoms with E-state index < -0.39 is 0 Å². The summed E-state index contributed by atoms with van der Waals surface area (Å²) in [6.45, 7) is 0. The van der Waals surface area contributed by atoms with Crippen molar-refractivity contribution in [2.45, 2.75) is 4.90 Å². The lowest BCUT2D eigenvalue weighted by molar-refractivity contribution is -0.113. The third-order valence-electron chi connectivity index (χ3n) is 4.39. The Bertz CT molecular complexity index is 1190. The minimum Gasteiger partial charge on any atom is -0.495 e. The van der Waals surface area contributed by atoms with Gasteiger partial charge in [0.2, 0.25) is 5.91 Å². The average Bonchev–Trinajstić information content (AvgIpc) is 2.78. The molecule has 6 nitrogen and oxygen atoms in total. The minimum atomic E-state index is -0.361. The first-order chi connectivity index (χ1) is 15.8. The SMILES string of the molecule is COc1cc(OC)c(NC(=O)CSc2cccc(NC(=O)c3ccc(Cl)cc3Cl)c2)cc1Cl. The molecule has 10 heteroatoms. The lowest BCUT2D eigenvalue weighted by Crippen LogP contribution is -2.15. The highest BCUT2D eigenvalue weighted by Crippen LogP contribution is 2.36. The molecule has 2 amide bonds. The lowest BCUT2D eigenvalue weighted by atomic mass is 10.2. The molecule has 3 rings (SSSR count). The Balaban J connectivity index is 1.62. The maximum atomic E-state index is 12.5. The second kappa shape index (κ2) is 11.5. The van der Waals surface area contributed by atoms with Crippen LogP contribution < -0.4 is 20.1 Å². The maximum absolute atomic E-state index is 12.5. The Morgan fingerprint density at radius 2 is 1.64 bits per heavy atom. The van der Waals surface area contributed by atoms with E-state index in [2.05, 4.69) is 10.6 Å². The van der Waals surface area contributed by atoms with Gasteiger partial charge < -0.3 is 20.1 Å². The summed E-state index contributed by atoms with van der Waals surface area (Å²) in [7, 11) is 2.99. The molecule has 0 spiro atoms. The summed E-state index contributed by atoms with van der Waals surface area (Å²) >= 11 is 19.4. The zero-order chi connectivity index (χ0) is 24.0. The van der Waals surface area contributed by atoms with E-state index >= 15 is 0 Å². The predicted molar refractivity (Wildman–Crippen MR) is 135 cm³/mol. The Hall–Kier alpha value is -2.58. The van der Waals surface area contributed by atoms with Crippen LogP contribution in [0.25, 0.3) is 0 Å². The highest BCUT2D eigenvalue weighted by molar-refractivity contribution is 8.00. The van der Waals surface area contributed by atoms with Crippen LogP contribution in [0.5, 0.6) is 11.5 Å². The second-order valence-corrected chi connectivity index (χ2v) is 8.93. The Kier molecular flexibility index (Phi) is 8.74. The Morgan fingerprint density at radius 3 is 2.33 bits per heavy atom. The quantitative estimate of drug-likeness (QED) is 0.322. The van der Waals surface area contributed by atoms with E-state index in [1.807, 2.05) is 6.07 Å². The number of rotatable bonds is 8. The van der Waals surface area contributed by atoms with Gasteiger partial charge in [-0.2, -0.15) is 0 Å². The maximum Gasteiger partial charge on any atom is 0.257 e. The molecular weight excluding hydrogens is 507 g/mol. The van der Waals surface area contributed by atoms with Crippen LogP contribution in [0.1, 0.15) is 10.4 Å². The topological polar surface area (TPSA) is 76.7 Å². The summed E-state index contributed by atoms with van der Waals surface area (Å²) in [6.07, 6.45) is 0. The number of ether oxygens (including phenoxy) is 2. The third kappa shape index (κ3) is 6.71. The van der Waals surface area contributed by atoms with Crippen LogP contribution in [0.3, 0.4) is 0 Å². The number of nitrogens with one attached hydrogen (secondary N) is 2. The van der Waals surface area contributed by atoms with Gasteiger partial charge in [-0.15, -0.1) is 11.8 Å². The molecule has 0 unspecified atom stereocenters. The summed E-state index contributed by atoms with van der Waals surface area (Å²) in [5.41, 5.74) is 1.32. The average molecular weight is 526 g/mol. The number of thioether (sulfide) groups is 1. The molecule has 0 atom stereocenters. The standard InChI is InChI=1S/C23H19Cl3N2O4S/c1-31-20-11-21(32-2)19(10-18(20)26)28-22(29)12-33-15-5-3-4-14(9-15)27-23(30)16-7-6-13(24)8-17(16)25/h3-11H,12H2,1-2H3,(H,27,30)(H,28,29). The van der Waals surface area contributed by atoms with Crippen LogP contribution in [-0.4, -0.2) is 31.8 Å². The molecule has 0 aromatic heterocycles. The van der Waals surface area contributed by atoms with E-state index in [-0.39, 0.29) is 22.6 Å². The van der Waals surface area contributed by atoms with Gasteiger partial charge in [0.15, 0.2) is 0 Å². The van der Waals surface area contributed by atoms with Crippen molar-refractivity contribution in [2.24, 2.45) is 0 Å². The lowest BCUT2D eigenvalue weighted by Gasteiger charge is -2.13.